The molecular formula is C15H19NO3. The second-order valence-corrected chi connectivity index (χ2v) is 5.00. The number of fused-ring (bicyclic) bond motifs is 2. The Labute approximate surface area is 113 Å². The van der Waals surface area contributed by atoms with Crippen molar-refractivity contribution in [2.75, 3.05) is 19.8 Å². The second kappa shape index (κ2) is 4.85. The van der Waals surface area contributed by atoms with Gasteiger partial charge in [-0.25, -0.2) is 0 Å². The summed E-state index contributed by atoms with van der Waals surface area (Å²) in [4.78, 5) is 11.9. The highest BCUT2D eigenvalue weighted by molar-refractivity contribution is 6.00. The lowest BCUT2D eigenvalue weighted by molar-refractivity contribution is 0.101. The highest BCUT2D eigenvalue weighted by atomic mass is 16.5. The molecule has 1 aromatic carbocycles. The molecule has 0 fully saturated rings. The smallest absolute Gasteiger partial charge is 0.163 e. The topological polar surface area (TPSA) is 47.6 Å². The maximum Gasteiger partial charge on any atom is 0.163 e. The van der Waals surface area contributed by atoms with Crippen LogP contribution in [0.15, 0.2) is 0 Å². The summed E-state index contributed by atoms with van der Waals surface area (Å²) in [5.41, 5.74) is 4.14. The molecule has 1 aromatic rings. The van der Waals surface area contributed by atoms with Crippen molar-refractivity contribution in [2.45, 2.75) is 33.2 Å². The quantitative estimate of drug-likeness (QED) is 0.841. The second-order valence-electron chi connectivity index (χ2n) is 5.00. The lowest BCUT2D eigenvalue weighted by Crippen LogP contribution is -2.15. The molecule has 19 heavy (non-hydrogen) atoms. The van der Waals surface area contributed by atoms with Gasteiger partial charge in [-0.1, -0.05) is 6.92 Å². The molecule has 0 unspecified atom stereocenters. The molecule has 1 N–H and O–H groups in total. The highest BCUT2D eigenvalue weighted by Crippen LogP contribution is 2.44. The minimum Gasteiger partial charge on any atom is -0.493 e. The predicted molar refractivity (Wildman–Crippen MR) is 72.2 cm³/mol. The average molecular weight is 261 g/mol. The summed E-state index contributed by atoms with van der Waals surface area (Å²) in [7, 11) is 0. The molecule has 0 atom stereocenters. The van der Waals surface area contributed by atoms with Gasteiger partial charge in [-0.2, -0.15) is 0 Å². The molecular weight excluding hydrogens is 242 g/mol. The Balaban J connectivity index is 2.19. The molecule has 0 saturated carbocycles. The first-order valence-corrected chi connectivity index (χ1v) is 6.91. The van der Waals surface area contributed by atoms with Crippen LogP contribution in [0.2, 0.25) is 0 Å². The van der Waals surface area contributed by atoms with Gasteiger partial charge in [-0.05, 0) is 13.5 Å². The van der Waals surface area contributed by atoms with Gasteiger partial charge in [0.1, 0.15) is 11.5 Å². The molecule has 2 aliphatic rings. The number of hydrogen-bond donors (Lipinski definition) is 1. The molecule has 0 saturated heterocycles. The number of hydrogen-bond acceptors (Lipinski definition) is 4. The van der Waals surface area contributed by atoms with Crippen LogP contribution >= 0.6 is 0 Å². The number of ether oxygens (including phenoxy) is 2. The van der Waals surface area contributed by atoms with Crippen molar-refractivity contribution in [1.82, 2.24) is 5.32 Å². The van der Waals surface area contributed by atoms with E-state index in [2.05, 4.69) is 12.2 Å². The first-order chi connectivity index (χ1) is 9.24. The molecule has 3 rings (SSSR count). The van der Waals surface area contributed by atoms with Crippen LogP contribution in [0.1, 0.15) is 40.9 Å². The lowest BCUT2D eigenvalue weighted by Gasteiger charge is -2.16. The normalized spacial score (nSPS) is 15.7. The minimum absolute atomic E-state index is 0.0786. The van der Waals surface area contributed by atoms with Gasteiger partial charge in [0.25, 0.3) is 0 Å². The number of nitrogens with one attached hydrogen (secondary N) is 1. The largest absolute Gasteiger partial charge is 0.493 e. The van der Waals surface area contributed by atoms with Gasteiger partial charge in [0.15, 0.2) is 5.78 Å². The number of carbonyl (C=O) groups excluding carboxylic acids is 1. The van der Waals surface area contributed by atoms with Gasteiger partial charge < -0.3 is 14.8 Å². The SMILES string of the molecule is CCNCc1c2c(c(C(C)=O)c3c1OCC3)OCC2. The van der Waals surface area contributed by atoms with Crippen molar-refractivity contribution in [3.63, 3.8) is 0 Å². The Morgan fingerprint density at radius 2 is 1.84 bits per heavy atom. The third-order valence-electron chi connectivity index (χ3n) is 3.82. The molecule has 0 radical (unpaired) electrons. The third kappa shape index (κ3) is 1.91. The van der Waals surface area contributed by atoms with E-state index in [-0.39, 0.29) is 5.78 Å². The molecule has 2 heterocycles. The molecule has 0 amide bonds. The Bertz CT molecular complexity index is 502. The van der Waals surface area contributed by atoms with Crippen LogP contribution in [0, 0.1) is 0 Å². The van der Waals surface area contributed by atoms with E-state index in [0.717, 1.165) is 54.1 Å². The van der Waals surface area contributed by atoms with Crippen molar-refractivity contribution in [3.8, 4) is 11.5 Å². The number of Topliss-reactive ketones (excluding diaryl/α,β-unsaturated/α-hetero) is 1. The number of benzene rings is 1. The highest BCUT2D eigenvalue weighted by Gasteiger charge is 2.32. The van der Waals surface area contributed by atoms with Crippen LogP contribution in [0.3, 0.4) is 0 Å². The number of rotatable bonds is 4. The van der Waals surface area contributed by atoms with Gasteiger partial charge in [-0.15, -0.1) is 0 Å². The standard InChI is InChI=1S/C15H19NO3/c1-3-16-8-12-10-4-6-19-15(10)13(9(2)17)11-5-7-18-14(11)12/h16H,3-8H2,1-2H3. The summed E-state index contributed by atoms with van der Waals surface area (Å²) in [6.45, 7) is 6.72. The first-order valence-electron chi connectivity index (χ1n) is 6.91. The fourth-order valence-electron chi connectivity index (χ4n) is 3.01. The van der Waals surface area contributed by atoms with E-state index in [4.69, 9.17) is 9.47 Å². The molecule has 0 spiro atoms. The lowest BCUT2D eigenvalue weighted by atomic mass is 9.92. The van der Waals surface area contributed by atoms with Crippen molar-refractivity contribution in [2.24, 2.45) is 0 Å². The Morgan fingerprint density at radius 3 is 2.53 bits per heavy atom. The summed E-state index contributed by atoms with van der Waals surface area (Å²) in [5, 5.41) is 3.35. The zero-order valence-corrected chi connectivity index (χ0v) is 11.5. The van der Waals surface area contributed by atoms with E-state index in [1.807, 2.05) is 0 Å². The van der Waals surface area contributed by atoms with E-state index < -0.39 is 0 Å². The predicted octanol–water partition coefficient (Wildman–Crippen LogP) is 1.87. The molecule has 4 nitrogen and oxygen atoms in total. The zero-order valence-electron chi connectivity index (χ0n) is 11.5. The van der Waals surface area contributed by atoms with Gasteiger partial charge in [0.05, 0.1) is 18.8 Å². The van der Waals surface area contributed by atoms with Crippen LogP contribution in [-0.4, -0.2) is 25.5 Å². The maximum absolute atomic E-state index is 11.9. The summed E-state index contributed by atoms with van der Waals surface area (Å²) in [6.07, 6.45) is 1.67. The molecule has 4 heteroatoms. The van der Waals surface area contributed by atoms with E-state index in [0.29, 0.717) is 13.2 Å². The van der Waals surface area contributed by atoms with Gasteiger partial charge in [0, 0.05) is 36.1 Å². The summed E-state index contributed by atoms with van der Waals surface area (Å²) in [5.74, 6) is 1.81. The maximum atomic E-state index is 11.9. The van der Waals surface area contributed by atoms with Crippen molar-refractivity contribution < 1.29 is 14.3 Å². The van der Waals surface area contributed by atoms with Crippen molar-refractivity contribution in [3.05, 3.63) is 22.3 Å². The summed E-state index contributed by atoms with van der Waals surface area (Å²) < 4.78 is 11.5. The van der Waals surface area contributed by atoms with Crippen molar-refractivity contribution >= 4 is 5.78 Å². The summed E-state index contributed by atoms with van der Waals surface area (Å²) >= 11 is 0. The van der Waals surface area contributed by atoms with Crippen LogP contribution in [0.25, 0.3) is 0 Å². The third-order valence-corrected chi connectivity index (χ3v) is 3.82. The van der Waals surface area contributed by atoms with Crippen LogP contribution in [0.5, 0.6) is 11.5 Å². The van der Waals surface area contributed by atoms with Crippen LogP contribution in [-0.2, 0) is 19.4 Å². The number of carbonyl (C=O) groups is 1. The summed E-state index contributed by atoms with van der Waals surface area (Å²) in [6, 6.07) is 0. The Hall–Kier alpha value is -1.55. The molecule has 0 aliphatic carbocycles. The van der Waals surface area contributed by atoms with Crippen molar-refractivity contribution in [1.29, 1.82) is 0 Å². The fourth-order valence-corrected chi connectivity index (χ4v) is 3.01. The van der Waals surface area contributed by atoms with Gasteiger partial charge >= 0.3 is 0 Å². The Morgan fingerprint density at radius 1 is 1.16 bits per heavy atom. The van der Waals surface area contributed by atoms with E-state index in [1.54, 1.807) is 6.92 Å². The van der Waals surface area contributed by atoms with Crippen LogP contribution in [0.4, 0.5) is 0 Å². The molecule has 2 aliphatic heterocycles. The molecule has 0 aromatic heterocycles. The van der Waals surface area contributed by atoms with Crippen LogP contribution < -0.4 is 14.8 Å². The molecule has 0 bridgehead atoms. The number of ketones is 1. The zero-order chi connectivity index (χ0) is 13.4. The average Bonchev–Trinajstić information content (AvgIpc) is 3.01. The van der Waals surface area contributed by atoms with Gasteiger partial charge in [0.2, 0.25) is 0 Å². The first kappa shape index (κ1) is 12.5. The van der Waals surface area contributed by atoms with E-state index in [1.165, 1.54) is 5.56 Å². The van der Waals surface area contributed by atoms with Gasteiger partial charge in [-0.3, -0.25) is 4.79 Å². The monoisotopic (exact) mass is 261 g/mol. The van der Waals surface area contributed by atoms with E-state index in [9.17, 15) is 4.79 Å². The Kier molecular flexibility index (Phi) is 3.19. The minimum atomic E-state index is 0.0786. The van der Waals surface area contributed by atoms with E-state index >= 15 is 0 Å². The fraction of sp³-hybridized carbons (Fsp3) is 0.533. The molecule has 102 valence electrons.